The van der Waals surface area contributed by atoms with Gasteiger partial charge in [0.1, 0.15) is 5.60 Å². The van der Waals surface area contributed by atoms with Crippen LogP contribution in [0.15, 0.2) is 28.8 Å². The molecule has 0 saturated carbocycles. The number of ether oxygens (including phenoxy) is 1. The summed E-state index contributed by atoms with van der Waals surface area (Å²) in [4.78, 5) is 4.48. The van der Waals surface area contributed by atoms with Gasteiger partial charge in [-0.3, -0.25) is 0 Å². The Bertz CT molecular complexity index is 571. The first-order valence-electron chi connectivity index (χ1n) is 6.99. The van der Waals surface area contributed by atoms with Crippen molar-refractivity contribution in [3.63, 3.8) is 0 Å². The van der Waals surface area contributed by atoms with Gasteiger partial charge in [-0.05, 0) is 50.4 Å². The van der Waals surface area contributed by atoms with Crippen LogP contribution >= 0.6 is 0 Å². The third-order valence-corrected chi connectivity index (χ3v) is 3.75. The predicted molar refractivity (Wildman–Crippen MR) is 75.0 cm³/mol. The smallest absolute Gasteiger partial charge is 0.258 e. The first-order chi connectivity index (χ1) is 9.71. The van der Waals surface area contributed by atoms with Gasteiger partial charge in [-0.15, -0.1) is 0 Å². The number of nitrogens with two attached hydrogens (primary N) is 1. The Labute approximate surface area is 118 Å². The molecule has 0 amide bonds. The molecule has 5 nitrogen and oxygen atoms in total. The first kappa shape index (κ1) is 13.3. The van der Waals surface area contributed by atoms with Gasteiger partial charge < -0.3 is 15.0 Å². The van der Waals surface area contributed by atoms with E-state index in [0.717, 1.165) is 31.4 Å². The number of hydrogen-bond donors (Lipinski definition) is 1. The fourth-order valence-corrected chi connectivity index (χ4v) is 2.49. The Morgan fingerprint density at radius 2 is 2.10 bits per heavy atom. The monoisotopic (exact) mass is 273 g/mol. The topological polar surface area (TPSA) is 74.2 Å². The van der Waals surface area contributed by atoms with Crippen LogP contribution in [-0.4, -0.2) is 23.3 Å². The van der Waals surface area contributed by atoms with E-state index in [1.165, 1.54) is 5.56 Å². The second-order valence-electron chi connectivity index (χ2n) is 5.34. The highest BCUT2D eigenvalue weighted by atomic mass is 16.5. The zero-order valence-electron chi connectivity index (χ0n) is 11.6. The van der Waals surface area contributed by atoms with Gasteiger partial charge in [0.25, 0.3) is 5.89 Å². The van der Waals surface area contributed by atoms with Crippen molar-refractivity contribution < 1.29 is 9.26 Å². The van der Waals surface area contributed by atoms with Gasteiger partial charge in [0.05, 0.1) is 0 Å². The van der Waals surface area contributed by atoms with E-state index >= 15 is 0 Å². The lowest BCUT2D eigenvalue weighted by Crippen LogP contribution is -2.21. The summed E-state index contributed by atoms with van der Waals surface area (Å²) in [5.74, 6) is 1.17. The third-order valence-electron chi connectivity index (χ3n) is 3.75. The Kier molecular flexibility index (Phi) is 3.54. The van der Waals surface area contributed by atoms with E-state index in [2.05, 4.69) is 10.1 Å². The van der Waals surface area contributed by atoms with E-state index in [1.807, 2.05) is 31.2 Å². The molecular formula is C15H19N3O2. The van der Waals surface area contributed by atoms with Crippen molar-refractivity contribution in [1.82, 2.24) is 10.1 Å². The highest BCUT2D eigenvalue weighted by Crippen LogP contribution is 2.34. The summed E-state index contributed by atoms with van der Waals surface area (Å²) in [5, 5.41) is 4.07. The summed E-state index contributed by atoms with van der Waals surface area (Å²) in [6.45, 7) is 3.42. The van der Waals surface area contributed by atoms with Gasteiger partial charge in [0, 0.05) is 12.2 Å². The lowest BCUT2D eigenvalue weighted by Gasteiger charge is -2.17. The summed E-state index contributed by atoms with van der Waals surface area (Å²) in [6, 6.07) is 8.06. The van der Waals surface area contributed by atoms with Crippen LogP contribution in [0.5, 0.6) is 0 Å². The Balaban J connectivity index is 1.82. The van der Waals surface area contributed by atoms with Gasteiger partial charge >= 0.3 is 0 Å². The molecule has 5 heteroatoms. The molecule has 0 bridgehead atoms. The molecule has 1 aromatic carbocycles. The van der Waals surface area contributed by atoms with E-state index in [9.17, 15) is 0 Å². The molecule has 1 saturated heterocycles. The molecule has 1 aliphatic heterocycles. The Hall–Kier alpha value is -1.72. The molecule has 1 aliphatic rings. The molecule has 0 radical (unpaired) electrons. The third kappa shape index (κ3) is 2.46. The van der Waals surface area contributed by atoms with Crippen LogP contribution in [0.2, 0.25) is 0 Å². The average Bonchev–Trinajstić information content (AvgIpc) is 3.10. The van der Waals surface area contributed by atoms with Gasteiger partial charge in [0.15, 0.2) is 0 Å². The highest BCUT2D eigenvalue weighted by Gasteiger charge is 2.36. The molecule has 1 fully saturated rings. The normalized spacial score (nSPS) is 22.3. The number of aromatic nitrogens is 2. The maximum atomic E-state index is 5.73. The Morgan fingerprint density at radius 3 is 2.75 bits per heavy atom. The summed E-state index contributed by atoms with van der Waals surface area (Å²) in [5.41, 5.74) is 7.27. The van der Waals surface area contributed by atoms with E-state index in [0.29, 0.717) is 18.3 Å². The SMILES string of the molecule is CC1(c2noc(-c3ccc(CCN)cc3)n2)CCCO1. The second kappa shape index (κ2) is 5.34. The van der Waals surface area contributed by atoms with Crippen molar-refractivity contribution >= 4 is 0 Å². The molecule has 0 aliphatic carbocycles. The van der Waals surface area contributed by atoms with Crippen LogP contribution in [0.25, 0.3) is 11.5 Å². The van der Waals surface area contributed by atoms with Gasteiger partial charge in [-0.25, -0.2) is 0 Å². The number of hydrogen-bond acceptors (Lipinski definition) is 5. The predicted octanol–water partition coefficient (Wildman–Crippen LogP) is 2.26. The zero-order valence-corrected chi connectivity index (χ0v) is 11.6. The van der Waals surface area contributed by atoms with E-state index in [1.54, 1.807) is 0 Å². The largest absolute Gasteiger partial charge is 0.367 e. The minimum absolute atomic E-state index is 0.402. The molecule has 0 spiro atoms. The maximum Gasteiger partial charge on any atom is 0.258 e. The van der Waals surface area contributed by atoms with Crippen LogP contribution in [0.4, 0.5) is 0 Å². The zero-order chi connectivity index (χ0) is 14.0. The fraction of sp³-hybridized carbons (Fsp3) is 0.467. The minimum Gasteiger partial charge on any atom is -0.367 e. The van der Waals surface area contributed by atoms with Crippen LogP contribution in [0.3, 0.4) is 0 Å². The molecule has 20 heavy (non-hydrogen) atoms. The molecule has 2 aromatic rings. The van der Waals surface area contributed by atoms with E-state index in [-0.39, 0.29) is 0 Å². The summed E-state index contributed by atoms with van der Waals surface area (Å²) in [7, 11) is 0. The molecule has 1 aromatic heterocycles. The maximum absolute atomic E-state index is 5.73. The van der Waals surface area contributed by atoms with Gasteiger partial charge in [-0.2, -0.15) is 4.98 Å². The molecular weight excluding hydrogens is 254 g/mol. The number of rotatable bonds is 4. The summed E-state index contributed by atoms with van der Waals surface area (Å²) < 4.78 is 11.1. The fourth-order valence-electron chi connectivity index (χ4n) is 2.49. The van der Waals surface area contributed by atoms with Crippen LogP contribution in [-0.2, 0) is 16.8 Å². The standard InChI is InChI=1S/C15H19N3O2/c1-15(8-2-10-19-15)14-17-13(20-18-14)12-5-3-11(4-6-12)7-9-16/h3-6H,2,7-10,16H2,1H3. The molecule has 2 heterocycles. The van der Waals surface area contributed by atoms with E-state index in [4.69, 9.17) is 15.0 Å². The average molecular weight is 273 g/mol. The highest BCUT2D eigenvalue weighted by molar-refractivity contribution is 5.53. The second-order valence-corrected chi connectivity index (χ2v) is 5.34. The molecule has 1 unspecified atom stereocenters. The molecule has 3 rings (SSSR count). The molecule has 2 N–H and O–H groups in total. The van der Waals surface area contributed by atoms with Crippen molar-refractivity contribution in [3.05, 3.63) is 35.7 Å². The number of benzene rings is 1. The summed E-state index contributed by atoms with van der Waals surface area (Å²) in [6.07, 6.45) is 2.84. The van der Waals surface area contributed by atoms with Crippen molar-refractivity contribution in [2.75, 3.05) is 13.2 Å². The van der Waals surface area contributed by atoms with Crippen molar-refractivity contribution in [2.45, 2.75) is 31.8 Å². The van der Waals surface area contributed by atoms with Crippen LogP contribution in [0, 0.1) is 0 Å². The van der Waals surface area contributed by atoms with Gasteiger partial charge in [0.2, 0.25) is 5.82 Å². The van der Waals surface area contributed by atoms with Crippen molar-refractivity contribution in [3.8, 4) is 11.5 Å². The van der Waals surface area contributed by atoms with Crippen molar-refractivity contribution in [2.24, 2.45) is 5.73 Å². The lowest BCUT2D eigenvalue weighted by atomic mass is 10.0. The van der Waals surface area contributed by atoms with E-state index < -0.39 is 5.60 Å². The minimum atomic E-state index is -0.402. The lowest BCUT2D eigenvalue weighted by molar-refractivity contribution is 0.00768. The molecule has 106 valence electrons. The number of nitrogens with zero attached hydrogens (tertiary/aromatic N) is 2. The summed E-state index contributed by atoms with van der Waals surface area (Å²) >= 11 is 0. The Morgan fingerprint density at radius 1 is 1.30 bits per heavy atom. The van der Waals surface area contributed by atoms with Gasteiger partial charge in [-0.1, -0.05) is 17.3 Å². The quantitative estimate of drug-likeness (QED) is 0.925. The van der Waals surface area contributed by atoms with Crippen LogP contribution < -0.4 is 5.73 Å². The van der Waals surface area contributed by atoms with Crippen molar-refractivity contribution in [1.29, 1.82) is 0 Å². The van der Waals surface area contributed by atoms with Crippen LogP contribution in [0.1, 0.15) is 31.2 Å². The molecule has 1 atom stereocenters. The first-order valence-corrected chi connectivity index (χ1v) is 6.99.